The number of nitrogens with two attached hydrogens (primary N) is 1. The highest BCUT2D eigenvalue weighted by Crippen LogP contribution is 1.80. The van der Waals surface area contributed by atoms with Gasteiger partial charge in [0.25, 0.3) is 0 Å². The summed E-state index contributed by atoms with van der Waals surface area (Å²) >= 11 is 0. The van der Waals surface area contributed by atoms with Crippen molar-refractivity contribution in [2.45, 2.75) is 27.0 Å². The van der Waals surface area contributed by atoms with E-state index in [2.05, 4.69) is 5.32 Å². The Morgan fingerprint density at radius 2 is 2.33 bits per heavy atom. The second-order valence-corrected chi connectivity index (χ2v) is 1.65. The van der Waals surface area contributed by atoms with E-state index in [1.54, 1.807) is 0 Å². The molecule has 0 aromatic carbocycles. The molecule has 0 rings (SSSR count). The average Bonchev–Trinajstić information content (AvgIpc) is 1.68. The summed E-state index contributed by atoms with van der Waals surface area (Å²) in [6, 6.07) is 0. The van der Waals surface area contributed by atoms with Gasteiger partial charge < -0.3 is 10.8 Å². The van der Waals surface area contributed by atoms with Crippen LogP contribution in [0.4, 0.5) is 0 Å². The van der Waals surface area contributed by atoms with E-state index >= 15 is 0 Å². The summed E-state index contributed by atoms with van der Waals surface area (Å²) in [6.07, 6.45) is 0.221. The molecule has 1 atom stereocenters. The Hall–Kier alpha value is -0.120. The molecule has 0 saturated carbocycles. The molecule has 1 unspecified atom stereocenters. The lowest BCUT2D eigenvalue weighted by molar-refractivity contribution is 0.133. The molecule has 0 aromatic heterocycles. The van der Waals surface area contributed by atoms with E-state index in [9.17, 15) is 0 Å². The fraction of sp³-hybridized carbons (Fsp3) is 1.00. The van der Waals surface area contributed by atoms with Gasteiger partial charge in [-0.05, 0) is 19.5 Å². The third kappa shape index (κ3) is 7.88. The minimum Gasteiger partial charge on any atom is -0.379 e. The normalized spacial score (nSPS) is 12.3. The van der Waals surface area contributed by atoms with Crippen LogP contribution in [0.15, 0.2) is 0 Å². The summed E-state index contributed by atoms with van der Waals surface area (Å²) in [6.45, 7) is 3.27. The van der Waals surface area contributed by atoms with Crippen LogP contribution in [-0.2, 0) is 0 Å². The maximum Gasteiger partial charge on any atom is 0.106 e. The van der Waals surface area contributed by atoms with Crippen molar-refractivity contribution < 1.29 is 7.96 Å². The lowest BCUT2D eigenvalue weighted by atomic mass is 10.4. The van der Waals surface area contributed by atoms with Crippen molar-refractivity contribution in [2.24, 2.45) is 5.73 Å². The monoisotopic (exact) mass is 138 g/mol. The van der Waals surface area contributed by atoms with Gasteiger partial charge >= 0.3 is 0 Å². The van der Waals surface area contributed by atoms with Crippen molar-refractivity contribution in [1.29, 1.82) is 0 Å². The van der Waals surface area contributed by atoms with Gasteiger partial charge in [-0.1, -0.05) is 14.4 Å². The molecular formula is C6H22N2O. The Morgan fingerprint density at radius 1 is 1.78 bits per heavy atom. The van der Waals surface area contributed by atoms with E-state index in [1.807, 2.05) is 6.92 Å². The third-order valence-corrected chi connectivity index (χ3v) is 0.880. The van der Waals surface area contributed by atoms with Gasteiger partial charge in [0, 0.05) is 2.85 Å². The van der Waals surface area contributed by atoms with Crippen LogP contribution in [0.2, 0.25) is 0 Å². The molecule has 0 amide bonds. The van der Waals surface area contributed by atoms with Gasteiger partial charge in [0.05, 0.1) is 0 Å². The number of aliphatic hydroxyl groups is 1. The van der Waals surface area contributed by atoms with Crippen LogP contribution in [-0.4, -0.2) is 24.4 Å². The largest absolute Gasteiger partial charge is 0.379 e. The molecule has 0 aliphatic rings. The topological polar surface area (TPSA) is 58.3 Å². The molecule has 0 aliphatic carbocycles. The van der Waals surface area contributed by atoms with Crippen LogP contribution in [0.25, 0.3) is 0 Å². The van der Waals surface area contributed by atoms with Crippen molar-refractivity contribution in [3.8, 4) is 0 Å². The van der Waals surface area contributed by atoms with Crippen molar-refractivity contribution in [3.05, 3.63) is 0 Å². The van der Waals surface area contributed by atoms with Crippen LogP contribution in [0, 0.1) is 0 Å². The van der Waals surface area contributed by atoms with Gasteiger partial charge in [-0.2, -0.15) is 0 Å². The molecule has 0 radical (unpaired) electrons. The second-order valence-electron chi connectivity index (χ2n) is 1.65. The molecule has 0 fully saturated rings. The Balaban J connectivity index is -0.0000000817. The zero-order chi connectivity index (χ0) is 6.41. The zero-order valence-corrected chi connectivity index (χ0v) is 5.22. The predicted molar refractivity (Wildman–Crippen MR) is 44.3 cm³/mol. The van der Waals surface area contributed by atoms with Gasteiger partial charge in [0.15, 0.2) is 0 Å². The van der Waals surface area contributed by atoms with Crippen molar-refractivity contribution in [1.82, 2.24) is 5.32 Å². The fourth-order valence-electron chi connectivity index (χ4n) is 0.496. The molecule has 0 aromatic rings. The fourth-order valence-corrected chi connectivity index (χ4v) is 0.496. The zero-order valence-electron chi connectivity index (χ0n) is 5.22. The molecule has 0 heterocycles. The molecule has 3 heteroatoms. The third-order valence-electron chi connectivity index (χ3n) is 0.880. The summed E-state index contributed by atoms with van der Waals surface area (Å²) in [5, 5.41) is 11.7. The first-order valence-corrected chi connectivity index (χ1v) is 2.92. The van der Waals surface area contributed by atoms with E-state index in [0.29, 0.717) is 13.0 Å². The Bertz CT molecular complexity index is 51.8. The van der Waals surface area contributed by atoms with Crippen LogP contribution in [0.5, 0.6) is 0 Å². The Labute approximate surface area is 60.2 Å². The van der Waals surface area contributed by atoms with E-state index in [4.69, 9.17) is 10.8 Å². The smallest absolute Gasteiger partial charge is 0.106 e. The molecular weight excluding hydrogens is 116 g/mol. The number of rotatable bonds is 4. The molecule has 9 heavy (non-hydrogen) atoms. The van der Waals surface area contributed by atoms with E-state index < -0.39 is 6.23 Å². The summed E-state index contributed by atoms with van der Waals surface area (Å²) in [7, 11) is 0. The van der Waals surface area contributed by atoms with E-state index in [0.717, 1.165) is 6.54 Å². The van der Waals surface area contributed by atoms with Gasteiger partial charge in [-0.3, -0.25) is 5.32 Å². The minimum atomic E-state index is -0.412. The summed E-state index contributed by atoms with van der Waals surface area (Å²) < 4.78 is 0. The molecule has 3 nitrogen and oxygen atoms in total. The van der Waals surface area contributed by atoms with Crippen LogP contribution in [0.3, 0.4) is 0 Å². The highest BCUT2D eigenvalue weighted by atomic mass is 16.3. The van der Waals surface area contributed by atoms with Gasteiger partial charge in [0.1, 0.15) is 6.23 Å². The van der Waals surface area contributed by atoms with Crippen LogP contribution in [0.1, 0.15) is 23.6 Å². The Kier molecular flexibility index (Phi) is 10.2. The molecule has 0 aliphatic heterocycles. The highest BCUT2D eigenvalue weighted by Gasteiger charge is 1.95. The van der Waals surface area contributed by atoms with E-state index in [-0.39, 0.29) is 10.3 Å². The number of aliphatic hydroxyl groups excluding tert-OH is 1. The Morgan fingerprint density at radius 3 is 2.67 bits per heavy atom. The van der Waals surface area contributed by atoms with Crippen molar-refractivity contribution in [2.75, 3.05) is 13.1 Å². The van der Waals surface area contributed by atoms with Gasteiger partial charge in [0.2, 0.25) is 0 Å². The summed E-state index contributed by atoms with van der Waals surface area (Å²) in [5.41, 5.74) is 5.16. The average molecular weight is 138 g/mol. The summed E-state index contributed by atoms with van der Waals surface area (Å²) in [4.78, 5) is 0. The lowest BCUT2D eigenvalue weighted by Crippen LogP contribution is -2.30. The quantitative estimate of drug-likeness (QED) is 0.493. The number of nitrogens with one attached hydrogen (secondary N) is 1. The second kappa shape index (κ2) is 7.88. The molecule has 62 valence electrons. The van der Waals surface area contributed by atoms with Crippen LogP contribution >= 0.6 is 0 Å². The molecule has 0 spiro atoms. The maximum atomic E-state index is 8.86. The van der Waals surface area contributed by atoms with Gasteiger partial charge in [-0.25, -0.2) is 0 Å². The number of hydrogen-bond acceptors (Lipinski definition) is 3. The SMILES string of the molecule is C.CCNC(O)CCN.[HH].[HH]. The first-order valence-electron chi connectivity index (χ1n) is 2.92. The lowest BCUT2D eigenvalue weighted by Gasteiger charge is -2.07. The van der Waals surface area contributed by atoms with Gasteiger partial charge in [-0.15, -0.1) is 0 Å². The predicted octanol–water partition coefficient (Wildman–Crippen LogP) is 0.391. The number of hydrogen-bond donors (Lipinski definition) is 3. The first kappa shape index (κ1) is 11.6. The maximum absolute atomic E-state index is 8.86. The molecule has 4 N–H and O–H groups in total. The van der Waals surface area contributed by atoms with Crippen molar-refractivity contribution >= 4 is 0 Å². The molecule has 0 saturated heterocycles. The highest BCUT2D eigenvalue weighted by molar-refractivity contribution is 4.49. The van der Waals surface area contributed by atoms with Crippen LogP contribution < -0.4 is 11.1 Å². The first-order chi connectivity index (χ1) is 3.81. The van der Waals surface area contributed by atoms with E-state index in [1.165, 1.54) is 0 Å². The molecule has 0 bridgehead atoms. The van der Waals surface area contributed by atoms with Crippen molar-refractivity contribution in [3.63, 3.8) is 0 Å². The minimum absolute atomic E-state index is 0. The summed E-state index contributed by atoms with van der Waals surface area (Å²) in [5.74, 6) is 0. The standard InChI is InChI=1S/C5H14N2O.CH4.2H2/c1-2-7-5(8)3-4-6;;;/h5,7-8H,2-4,6H2,1H3;1H4;2*1H.